The van der Waals surface area contributed by atoms with Gasteiger partial charge < -0.3 is 20.3 Å². The van der Waals surface area contributed by atoms with E-state index in [-0.39, 0.29) is 17.9 Å². The molecule has 2 aromatic carbocycles. The van der Waals surface area contributed by atoms with Crippen molar-refractivity contribution in [2.45, 2.75) is 31.4 Å². The molecule has 7 nitrogen and oxygen atoms in total. The first kappa shape index (κ1) is 24.4. The SMILES string of the molecule is CO[C@H]1CCN(c2ccc(NC(=O)C(NC[C@H](C)c3ccc(C#N)cc3)c3ccccc3)nc2)C1. The van der Waals surface area contributed by atoms with E-state index in [9.17, 15) is 4.79 Å². The quantitative estimate of drug-likeness (QED) is 0.487. The van der Waals surface area contributed by atoms with Gasteiger partial charge in [0.2, 0.25) is 5.91 Å². The van der Waals surface area contributed by atoms with Gasteiger partial charge in [0.05, 0.1) is 29.6 Å². The number of pyridine rings is 1. The summed E-state index contributed by atoms with van der Waals surface area (Å²) in [6, 6.07) is 22.7. The van der Waals surface area contributed by atoms with Crippen LogP contribution in [0.3, 0.4) is 0 Å². The lowest BCUT2D eigenvalue weighted by Gasteiger charge is -2.22. The maximum atomic E-state index is 13.3. The van der Waals surface area contributed by atoms with E-state index in [1.165, 1.54) is 0 Å². The highest BCUT2D eigenvalue weighted by Crippen LogP contribution is 2.23. The third kappa shape index (κ3) is 6.24. The summed E-state index contributed by atoms with van der Waals surface area (Å²) in [5.41, 5.74) is 3.66. The molecule has 1 unspecified atom stereocenters. The Bertz CT molecular complexity index is 1140. The smallest absolute Gasteiger partial charge is 0.247 e. The third-order valence-electron chi connectivity index (χ3n) is 6.47. The molecule has 2 N–H and O–H groups in total. The highest BCUT2D eigenvalue weighted by Gasteiger charge is 2.24. The summed E-state index contributed by atoms with van der Waals surface area (Å²) in [7, 11) is 1.74. The molecule has 3 atom stereocenters. The highest BCUT2D eigenvalue weighted by atomic mass is 16.5. The van der Waals surface area contributed by atoms with Crippen molar-refractivity contribution in [1.29, 1.82) is 5.26 Å². The second-order valence-corrected chi connectivity index (χ2v) is 8.87. The van der Waals surface area contributed by atoms with Crippen LogP contribution in [-0.4, -0.2) is 43.7 Å². The molecule has 1 amide bonds. The Labute approximate surface area is 206 Å². The first-order chi connectivity index (χ1) is 17.1. The maximum absolute atomic E-state index is 13.3. The maximum Gasteiger partial charge on any atom is 0.247 e. The average Bonchev–Trinajstić information content (AvgIpc) is 3.39. The lowest BCUT2D eigenvalue weighted by atomic mass is 9.98. The molecule has 0 saturated carbocycles. The lowest BCUT2D eigenvalue weighted by Crippen LogP contribution is -2.35. The molecule has 0 bridgehead atoms. The zero-order chi connectivity index (χ0) is 24.6. The van der Waals surface area contributed by atoms with Gasteiger partial charge in [0, 0.05) is 26.7 Å². The molecular formula is C28H31N5O2. The molecule has 7 heteroatoms. The number of rotatable bonds is 9. The molecule has 1 saturated heterocycles. The van der Waals surface area contributed by atoms with Crippen molar-refractivity contribution in [2.75, 3.05) is 37.0 Å². The van der Waals surface area contributed by atoms with E-state index >= 15 is 0 Å². The Balaban J connectivity index is 1.42. The van der Waals surface area contributed by atoms with Gasteiger partial charge in [-0.2, -0.15) is 5.26 Å². The summed E-state index contributed by atoms with van der Waals surface area (Å²) in [5, 5.41) is 15.4. The number of carbonyl (C=O) groups is 1. The van der Waals surface area contributed by atoms with Crippen molar-refractivity contribution >= 4 is 17.4 Å². The van der Waals surface area contributed by atoms with Crippen LogP contribution < -0.4 is 15.5 Å². The van der Waals surface area contributed by atoms with Crippen molar-refractivity contribution in [1.82, 2.24) is 10.3 Å². The number of aromatic nitrogens is 1. The fraction of sp³-hybridized carbons (Fsp3) is 0.321. The van der Waals surface area contributed by atoms with Crippen LogP contribution in [0.4, 0.5) is 11.5 Å². The zero-order valence-corrected chi connectivity index (χ0v) is 20.1. The van der Waals surface area contributed by atoms with Crippen molar-refractivity contribution in [3.63, 3.8) is 0 Å². The van der Waals surface area contributed by atoms with E-state index in [0.717, 1.165) is 36.3 Å². The topological polar surface area (TPSA) is 90.3 Å². The second-order valence-electron chi connectivity index (χ2n) is 8.87. The predicted molar refractivity (Wildman–Crippen MR) is 137 cm³/mol. The van der Waals surface area contributed by atoms with Crippen LogP contribution in [0.1, 0.15) is 42.0 Å². The van der Waals surface area contributed by atoms with Crippen LogP contribution in [0, 0.1) is 11.3 Å². The summed E-state index contributed by atoms with van der Waals surface area (Å²) in [6.07, 6.45) is 3.05. The number of ether oxygens (including phenoxy) is 1. The van der Waals surface area contributed by atoms with Gasteiger partial charge in [0.15, 0.2) is 0 Å². The predicted octanol–water partition coefficient (Wildman–Crippen LogP) is 4.25. The van der Waals surface area contributed by atoms with E-state index < -0.39 is 6.04 Å². The van der Waals surface area contributed by atoms with Crippen LogP contribution in [0.2, 0.25) is 0 Å². The van der Waals surface area contributed by atoms with Crippen molar-refractivity contribution in [2.24, 2.45) is 0 Å². The molecule has 4 rings (SSSR count). The van der Waals surface area contributed by atoms with E-state index in [0.29, 0.717) is 17.9 Å². The van der Waals surface area contributed by atoms with Gasteiger partial charge in [-0.05, 0) is 47.7 Å². The van der Waals surface area contributed by atoms with E-state index in [2.05, 4.69) is 33.5 Å². The number of nitrogens with one attached hydrogen (secondary N) is 2. The molecule has 180 valence electrons. The standard InChI is InChI=1S/C28H31N5O2/c1-20(22-10-8-21(16-29)9-11-22)17-31-27(23-6-4-3-5-7-23)28(34)32-26-13-12-24(18-30-26)33-15-14-25(19-33)35-2/h3-13,18,20,25,27,31H,14-15,17,19H2,1-2H3,(H,30,32,34)/t20-,25-,27?/m0/s1. The molecule has 0 spiro atoms. The Hall–Kier alpha value is -3.73. The number of nitrogens with zero attached hydrogens (tertiary/aromatic N) is 3. The van der Waals surface area contributed by atoms with Crippen LogP contribution in [0.15, 0.2) is 72.9 Å². The number of carbonyl (C=O) groups excluding carboxylic acids is 1. The van der Waals surface area contributed by atoms with E-state index in [1.807, 2.05) is 66.7 Å². The Morgan fingerprint density at radius 2 is 1.91 bits per heavy atom. The summed E-state index contributed by atoms with van der Waals surface area (Å²) in [4.78, 5) is 20.0. The lowest BCUT2D eigenvalue weighted by molar-refractivity contribution is -0.118. The zero-order valence-electron chi connectivity index (χ0n) is 20.1. The second kappa shape index (κ2) is 11.6. The molecule has 1 aromatic heterocycles. The van der Waals surface area contributed by atoms with Crippen LogP contribution in [-0.2, 0) is 9.53 Å². The van der Waals surface area contributed by atoms with Crippen molar-refractivity contribution in [3.05, 3.63) is 89.6 Å². The first-order valence-corrected chi connectivity index (χ1v) is 11.9. The average molecular weight is 470 g/mol. The molecular weight excluding hydrogens is 438 g/mol. The first-order valence-electron chi connectivity index (χ1n) is 11.9. The normalized spacial score (nSPS) is 16.9. The number of amides is 1. The Morgan fingerprint density at radius 1 is 1.14 bits per heavy atom. The van der Waals surface area contributed by atoms with Gasteiger partial charge in [0.25, 0.3) is 0 Å². The number of nitriles is 1. The minimum Gasteiger partial charge on any atom is -0.380 e. The Kier molecular flexibility index (Phi) is 8.09. The molecule has 1 aliphatic rings. The minimum atomic E-state index is -0.528. The third-order valence-corrected chi connectivity index (χ3v) is 6.47. The largest absolute Gasteiger partial charge is 0.380 e. The molecule has 2 heterocycles. The summed E-state index contributed by atoms with van der Waals surface area (Å²) in [5.74, 6) is 0.517. The van der Waals surface area contributed by atoms with Crippen molar-refractivity contribution in [3.8, 4) is 6.07 Å². The fourth-order valence-corrected chi connectivity index (χ4v) is 4.31. The van der Waals surface area contributed by atoms with Crippen molar-refractivity contribution < 1.29 is 9.53 Å². The summed E-state index contributed by atoms with van der Waals surface area (Å²) in [6.45, 7) is 4.48. The molecule has 35 heavy (non-hydrogen) atoms. The van der Waals surface area contributed by atoms with Gasteiger partial charge >= 0.3 is 0 Å². The molecule has 3 aromatic rings. The van der Waals surface area contributed by atoms with Crippen LogP contribution in [0.5, 0.6) is 0 Å². The molecule has 1 aliphatic heterocycles. The number of hydrogen-bond acceptors (Lipinski definition) is 6. The van der Waals surface area contributed by atoms with Gasteiger partial charge in [-0.15, -0.1) is 0 Å². The van der Waals surface area contributed by atoms with E-state index in [4.69, 9.17) is 10.00 Å². The fourth-order valence-electron chi connectivity index (χ4n) is 4.31. The number of benzene rings is 2. The van der Waals surface area contributed by atoms with Gasteiger partial charge in [-0.25, -0.2) is 4.98 Å². The Morgan fingerprint density at radius 3 is 2.54 bits per heavy atom. The number of methoxy groups -OCH3 is 1. The van der Waals surface area contributed by atoms with Gasteiger partial charge in [-0.1, -0.05) is 49.4 Å². The van der Waals surface area contributed by atoms with Gasteiger partial charge in [0.1, 0.15) is 11.9 Å². The molecule has 1 fully saturated rings. The minimum absolute atomic E-state index is 0.163. The van der Waals surface area contributed by atoms with Crippen LogP contribution in [0.25, 0.3) is 0 Å². The summed E-state index contributed by atoms with van der Waals surface area (Å²) < 4.78 is 5.45. The summed E-state index contributed by atoms with van der Waals surface area (Å²) >= 11 is 0. The van der Waals surface area contributed by atoms with Crippen LogP contribution >= 0.6 is 0 Å². The monoisotopic (exact) mass is 469 g/mol. The molecule has 0 aliphatic carbocycles. The number of anilines is 2. The van der Waals surface area contributed by atoms with Gasteiger partial charge in [-0.3, -0.25) is 4.79 Å². The molecule has 0 radical (unpaired) electrons. The van der Waals surface area contributed by atoms with E-state index in [1.54, 1.807) is 13.3 Å². The number of hydrogen-bond donors (Lipinski definition) is 2. The highest BCUT2D eigenvalue weighted by molar-refractivity contribution is 5.94.